The van der Waals surface area contributed by atoms with Gasteiger partial charge in [-0.05, 0) is 31.0 Å². The van der Waals surface area contributed by atoms with Crippen LogP contribution >= 0.6 is 11.6 Å². The summed E-state index contributed by atoms with van der Waals surface area (Å²) in [6, 6.07) is 5.93. The summed E-state index contributed by atoms with van der Waals surface area (Å²) < 4.78 is 5.24. The molecule has 3 nitrogen and oxygen atoms in total. The SMILES string of the molecule is CCC(CN)(COC)Nc1ccc(C)c(Cl)c1. The number of methoxy groups -OCH3 is 1. The minimum absolute atomic E-state index is 0.229. The summed E-state index contributed by atoms with van der Waals surface area (Å²) in [6.45, 7) is 5.17. The van der Waals surface area contributed by atoms with E-state index in [9.17, 15) is 0 Å². The number of nitrogens with one attached hydrogen (secondary N) is 1. The quantitative estimate of drug-likeness (QED) is 0.823. The Morgan fingerprint density at radius 3 is 2.65 bits per heavy atom. The fraction of sp³-hybridized carbons (Fsp3) is 0.538. The van der Waals surface area contributed by atoms with Crippen molar-refractivity contribution in [3.8, 4) is 0 Å². The Kier molecular flexibility index (Phi) is 5.25. The first-order valence-electron chi connectivity index (χ1n) is 5.80. The van der Waals surface area contributed by atoms with Crippen LogP contribution in [0.3, 0.4) is 0 Å². The van der Waals surface area contributed by atoms with E-state index in [-0.39, 0.29) is 5.54 Å². The van der Waals surface area contributed by atoms with Crippen molar-refractivity contribution < 1.29 is 4.74 Å². The van der Waals surface area contributed by atoms with Gasteiger partial charge in [0.25, 0.3) is 0 Å². The van der Waals surface area contributed by atoms with Gasteiger partial charge in [0.2, 0.25) is 0 Å². The first-order valence-corrected chi connectivity index (χ1v) is 6.18. The topological polar surface area (TPSA) is 47.3 Å². The van der Waals surface area contributed by atoms with Gasteiger partial charge in [-0.15, -0.1) is 0 Å². The summed E-state index contributed by atoms with van der Waals surface area (Å²) in [7, 11) is 1.68. The number of hydrogen-bond acceptors (Lipinski definition) is 3. The lowest BCUT2D eigenvalue weighted by Crippen LogP contribution is -2.48. The van der Waals surface area contributed by atoms with Gasteiger partial charge in [-0.25, -0.2) is 0 Å². The van der Waals surface area contributed by atoms with Crippen LogP contribution in [0.15, 0.2) is 18.2 Å². The second-order valence-electron chi connectivity index (χ2n) is 4.36. The Hall–Kier alpha value is -0.770. The third-order valence-electron chi connectivity index (χ3n) is 3.07. The predicted octanol–water partition coefficient (Wildman–Crippen LogP) is 2.81. The molecule has 0 spiro atoms. The summed E-state index contributed by atoms with van der Waals surface area (Å²) in [5, 5.41) is 4.19. The van der Waals surface area contributed by atoms with Crippen LogP contribution in [0.1, 0.15) is 18.9 Å². The zero-order valence-corrected chi connectivity index (χ0v) is 11.5. The van der Waals surface area contributed by atoms with Crippen molar-refractivity contribution in [2.75, 3.05) is 25.6 Å². The van der Waals surface area contributed by atoms with E-state index >= 15 is 0 Å². The molecule has 1 unspecified atom stereocenters. The first-order chi connectivity index (χ1) is 8.06. The van der Waals surface area contributed by atoms with E-state index in [0.717, 1.165) is 22.7 Å². The molecule has 0 bridgehead atoms. The molecular formula is C13H21ClN2O. The van der Waals surface area contributed by atoms with Crippen molar-refractivity contribution in [1.29, 1.82) is 0 Å². The zero-order valence-electron chi connectivity index (χ0n) is 10.7. The highest BCUT2D eigenvalue weighted by atomic mass is 35.5. The molecule has 0 aliphatic heterocycles. The number of aryl methyl sites for hydroxylation is 1. The van der Waals surface area contributed by atoms with E-state index in [4.69, 9.17) is 22.1 Å². The van der Waals surface area contributed by atoms with Gasteiger partial charge in [-0.1, -0.05) is 24.6 Å². The van der Waals surface area contributed by atoms with Gasteiger partial charge in [-0.3, -0.25) is 0 Å². The molecule has 0 saturated carbocycles. The molecule has 17 heavy (non-hydrogen) atoms. The Balaban J connectivity index is 2.89. The van der Waals surface area contributed by atoms with Crippen LogP contribution in [0.4, 0.5) is 5.69 Å². The van der Waals surface area contributed by atoms with Crippen LogP contribution in [0.25, 0.3) is 0 Å². The van der Waals surface area contributed by atoms with Gasteiger partial charge in [-0.2, -0.15) is 0 Å². The zero-order chi connectivity index (χ0) is 12.9. The average molecular weight is 257 g/mol. The van der Waals surface area contributed by atoms with Crippen molar-refractivity contribution in [2.45, 2.75) is 25.8 Å². The lowest BCUT2D eigenvalue weighted by molar-refractivity contribution is 0.143. The summed E-state index contributed by atoms with van der Waals surface area (Å²) >= 11 is 6.10. The number of anilines is 1. The highest BCUT2D eigenvalue weighted by molar-refractivity contribution is 6.31. The molecule has 4 heteroatoms. The van der Waals surface area contributed by atoms with Crippen LogP contribution in [-0.4, -0.2) is 25.8 Å². The van der Waals surface area contributed by atoms with Crippen molar-refractivity contribution in [1.82, 2.24) is 0 Å². The van der Waals surface area contributed by atoms with Gasteiger partial charge in [0, 0.05) is 24.4 Å². The van der Waals surface area contributed by atoms with E-state index in [1.54, 1.807) is 7.11 Å². The Morgan fingerprint density at radius 1 is 1.47 bits per heavy atom. The van der Waals surface area contributed by atoms with E-state index in [2.05, 4.69) is 12.2 Å². The summed E-state index contributed by atoms with van der Waals surface area (Å²) in [5.74, 6) is 0. The summed E-state index contributed by atoms with van der Waals surface area (Å²) in [6.07, 6.45) is 0.892. The average Bonchev–Trinajstić information content (AvgIpc) is 2.33. The van der Waals surface area contributed by atoms with Crippen molar-refractivity contribution >= 4 is 17.3 Å². The normalized spacial score (nSPS) is 14.4. The second kappa shape index (κ2) is 6.24. The Labute approximate surface area is 108 Å². The number of rotatable bonds is 6. The van der Waals surface area contributed by atoms with Crippen LogP contribution in [0.5, 0.6) is 0 Å². The third kappa shape index (κ3) is 3.60. The molecule has 0 saturated heterocycles. The maximum Gasteiger partial charge on any atom is 0.0725 e. The van der Waals surface area contributed by atoms with Crippen LogP contribution in [-0.2, 0) is 4.74 Å². The number of nitrogens with two attached hydrogens (primary N) is 1. The highest BCUT2D eigenvalue weighted by Gasteiger charge is 2.26. The van der Waals surface area contributed by atoms with Crippen LogP contribution in [0.2, 0.25) is 5.02 Å². The molecule has 0 amide bonds. The monoisotopic (exact) mass is 256 g/mol. The molecule has 1 rings (SSSR count). The van der Waals surface area contributed by atoms with E-state index in [1.165, 1.54) is 0 Å². The van der Waals surface area contributed by atoms with E-state index < -0.39 is 0 Å². The minimum Gasteiger partial charge on any atom is -0.382 e. The van der Waals surface area contributed by atoms with Crippen molar-refractivity contribution in [3.05, 3.63) is 28.8 Å². The number of hydrogen-bond donors (Lipinski definition) is 2. The smallest absolute Gasteiger partial charge is 0.0725 e. The van der Waals surface area contributed by atoms with Crippen LogP contribution < -0.4 is 11.1 Å². The Bertz CT molecular complexity index is 364. The van der Waals surface area contributed by atoms with Gasteiger partial charge >= 0.3 is 0 Å². The minimum atomic E-state index is -0.229. The Morgan fingerprint density at radius 2 is 2.18 bits per heavy atom. The molecule has 0 heterocycles. The first kappa shape index (κ1) is 14.3. The second-order valence-corrected chi connectivity index (χ2v) is 4.77. The van der Waals surface area contributed by atoms with Gasteiger partial charge < -0.3 is 15.8 Å². The summed E-state index contributed by atoms with van der Waals surface area (Å²) in [5.41, 5.74) is 7.66. The predicted molar refractivity (Wildman–Crippen MR) is 73.8 cm³/mol. The molecule has 0 aliphatic rings. The van der Waals surface area contributed by atoms with Crippen LogP contribution in [0, 0.1) is 6.92 Å². The fourth-order valence-corrected chi connectivity index (χ4v) is 1.91. The number of ether oxygens (including phenoxy) is 1. The highest BCUT2D eigenvalue weighted by Crippen LogP contribution is 2.24. The maximum atomic E-state index is 6.10. The van der Waals surface area contributed by atoms with Crippen molar-refractivity contribution in [3.63, 3.8) is 0 Å². The van der Waals surface area contributed by atoms with Crippen molar-refractivity contribution in [2.24, 2.45) is 5.73 Å². The van der Waals surface area contributed by atoms with Gasteiger partial charge in [0.05, 0.1) is 12.1 Å². The molecule has 0 radical (unpaired) electrons. The summed E-state index contributed by atoms with van der Waals surface area (Å²) in [4.78, 5) is 0. The molecular weight excluding hydrogens is 236 g/mol. The van der Waals surface area contributed by atoms with Gasteiger partial charge in [0.15, 0.2) is 0 Å². The number of halogens is 1. The molecule has 0 aromatic heterocycles. The third-order valence-corrected chi connectivity index (χ3v) is 3.48. The maximum absolute atomic E-state index is 6.10. The molecule has 96 valence electrons. The molecule has 0 aliphatic carbocycles. The van der Waals surface area contributed by atoms with E-state index in [1.807, 2.05) is 25.1 Å². The molecule has 1 aromatic rings. The molecule has 1 atom stereocenters. The molecule has 0 fully saturated rings. The molecule has 1 aromatic carbocycles. The van der Waals surface area contributed by atoms with E-state index in [0.29, 0.717) is 13.2 Å². The fourth-order valence-electron chi connectivity index (χ4n) is 1.73. The van der Waals surface area contributed by atoms with Gasteiger partial charge in [0.1, 0.15) is 0 Å². The lowest BCUT2D eigenvalue weighted by Gasteiger charge is -2.33. The number of benzene rings is 1. The lowest BCUT2D eigenvalue weighted by atomic mass is 9.96. The standard InChI is InChI=1S/C13H21ClN2O/c1-4-13(8-15,9-17-3)16-11-6-5-10(2)12(14)7-11/h5-7,16H,4,8-9,15H2,1-3H3. The largest absolute Gasteiger partial charge is 0.382 e. The molecule has 3 N–H and O–H groups in total.